The molecule has 0 nitrogen and oxygen atoms in total. The highest BCUT2D eigenvalue weighted by molar-refractivity contribution is 7.11. The molecule has 1 aromatic heterocycles. The normalized spacial score (nSPS) is 15.2. The Balaban J connectivity index is 1.95. The number of thiophene rings is 1. The molecule has 1 heterocycles. The van der Waals surface area contributed by atoms with Gasteiger partial charge in [0.2, 0.25) is 0 Å². The topological polar surface area (TPSA) is 0 Å². The van der Waals surface area contributed by atoms with Crippen LogP contribution in [0.4, 0.5) is 0 Å². The molecule has 2 aromatic carbocycles. The first-order chi connectivity index (χ1) is 10.8. The predicted octanol–water partition coefficient (Wildman–Crippen LogP) is 6.09. The first kappa shape index (κ1) is 13.8. The SMILES string of the molecule is Clc1cccc(/C=C2\c3ccccc3CCc3ccsc32)c1. The minimum absolute atomic E-state index is 0.780. The Kier molecular flexibility index (Phi) is 3.61. The zero-order chi connectivity index (χ0) is 14.9. The molecule has 0 saturated carbocycles. The van der Waals surface area contributed by atoms with Gasteiger partial charge in [0, 0.05) is 15.5 Å². The van der Waals surface area contributed by atoms with Gasteiger partial charge in [0.1, 0.15) is 0 Å². The van der Waals surface area contributed by atoms with Crippen molar-refractivity contribution in [1.82, 2.24) is 0 Å². The molecule has 0 bridgehead atoms. The number of halogens is 1. The molecule has 0 fully saturated rings. The summed E-state index contributed by atoms with van der Waals surface area (Å²) in [4.78, 5) is 1.39. The van der Waals surface area contributed by atoms with E-state index >= 15 is 0 Å². The number of benzene rings is 2. The third-order valence-electron chi connectivity index (χ3n) is 4.12. The number of aryl methyl sites for hydroxylation is 2. The van der Waals surface area contributed by atoms with Crippen LogP contribution in [0.15, 0.2) is 60.0 Å². The molecule has 3 aromatic rings. The Hall–Kier alpha value is -1.83. The molecular formula is C20H15ClS. The standard InChI is InChI=1S/C20H15ClS/c21-17-6-3-4-14(12-17)13-19-18-7-2-1-5-15(18)8-9-16-10-11-22-20(16)19/h1-7,10-13H,8-9H2/b19-13+. The molecule has 1 aliphatic carbocycles. The summed E-state index contributed by atoms with van der Waals surface area (Å²) < 4.78 is 0. The van der Waals surface area contributed by atoms with Crippen molar-refractivity contribution in [2.24, 2.45) is 0 Å². The monoisotopic (exact) mass is 322 g/mol. The van der Waals surface area contributed by atoms with Crippen LogP contribution in [0, 0.1) is 0 Å². The molecule has 22 heavy (non-hydrogen) atoms. The molecule has 0 atom stereocenters. The molecule has 4 rings (SSSR count). The fourth-order valence-corrected chi connectivity index (χ4v) is 4.25. The molecule has 0 spiro atoms. The van der Waals surface area contributed by atoms with Gasteiger partial charge in [0.05, 0.1) is 0 Å². The minimum atomic E-state index is 0.780. The van der Waals surface area contributed by atoms with Gasteiger partial charge < -0.3 is 0 Å². The zero-order valence-corrected chi connectivity index (χ0v) is 13.6. The average molecular weight is 323 g/mol. The van der Waals surface area contributed by atoms with E-state index in [1.807, 2.05) is 29.5 Å². The highest BCUT2D eigenvalue weighted by atomic mass is 35.5. The van der Waals surface area contributed by atoms with Crippen molar-refractivity contribution < 1.29 is 0 Å². The largest absolute Gasteiger partial charge is 0.144 e. The van der Waals surface area contributed by atoms with Gasteiger partial charge in [-0.25, -0.2) is 0 Å². The summed E-state index contributed by atoms with van der Waals surface area (Å²) >= 11 is 7.98. The van der Waals surface area contributed by atoms with Gasteiger partial charge in [0.25, 0.3) is 0 Å². The van der Waals surface area contributed by atoms with Gasteiger partial charge in [-0.3, -0.25) is 0 Å². The van der Waals surface area contributed by atoms with Crippen molar-refractivity contribution in [3.63, 3.8) is 0 Å². The van der Waals surface area contributed by atoms with Crippen LogP contribution in [0.3, 0.4) is 0 Å². The fourth-order valence-electron chi connectivity index (χ4n) is 3.07. The lowest BCUT2D eigenvalue weighted by molar-refractivity contribution is 0.970. The van der Waals surface area contributed by atoms with E-state index in [-0.39, 0.29) is 0 Å². The summed E-state index contributed by atoms with van der Waals surface area (Å²) in [5.74, 6) is 0. The maximum absolute atomic E-state index is 6.15. The summed E-state index contributed by atoms with van der Waals surface area (Å²) in [5.41, 5.74) is 6.70. The lowest BCUT2D eigenvalue weighted by atomic mass is 9.97. The van der Waals surface area contributed by atoms with Crippen molar-refractivity contribution in [2.75, 3.05) is 0 Å². The molecule has 108 valence electrons. The van der Waals surface area contributed by atoms with Gasteiger partial charge >= 0.3 is 0 Å². The van der Waals surface area contributed by atoms with Crippen LogP contribution in [0.25, 0.3) is 11.6 Å². The summed E-state index contributed by atoms with van der Waals surface area (Å²) in [6.07, 6.45) is 4.49. The van der Waals surface area contributed by atoms with Crippen LogP contribution in [-0.4, -0.2) is 0 Å². The van der Waals surface area contributed by atoms with E-state index in [0.29, 0.717) is 0 Å². The van der Waals surface area contributed by atoms with Gasteiger partial charge in [-0.2, -0.15) is 0 Å². The van der Waals surface area contributed by atoms with E-state index in [0.717, 1.165) is 23.4 Å². The van der Waals surface area contributed by atoms with Crippen LogP contribution in [-0.2, 0) is 12.8 Å². The van der Waals surface area contributed by atoms with Crippen molar-refractivity contribution in [1.29, 1.82) is 0 Å². The number of hydrogen-bond acceptors (Lipinski definition) is 1. The average Bonchev–Trinajstić information content (AvgIpc) is 2.94. The minimum Gasteiger partial charge on any atom is -0.144 e. The second-order valence-electron chi connectivity index (χ2n) is 5.55. The third kappa shape index (κ3) is 2.51. The second kappa shape index (κ2) is 5.75. The summed E-state index contributed by atoms with van der Waals surface area (Å²) in [7, 11) is 0. The van der Waals surface area contributed by atoms with Crippen molar-refractivity contribution in [3.8, 4) is 0 Å². The molecule has 0 N–H and O–H groups in total. The zero-order valence-electron chi connectivity index (χ0n) is 12.1. The first-order valence-corrected chi connectivity index (χ1v) is 8.69. The maximum Gasteiger partial charge on any atom is 0.0411 e. The Bertz CT molecular complexity index is 857. The van der Waals surface area contributed by atoms with Crippen LogP contribution in [0.5, 0.6) is 0 Å². The van der Waals surface area contributed by atoms with Crippen LogP contribution >= 0.6 is 22.9 Å². The van der Waals surface area contributed by atoms with E-state index in [4.69, 9.17) is 11.6 Å². The van der Waals surface area contributed by atoms with Crippen molar-refractivity contribution in [3.05, 3.63) is 92.1 Å². The quantitative estimate of drug-likeness (QED) is 0.508. The molecular weight excluding hydrogens is 308 g/mol. The van der Waals surface area contributed by atoms with Gasteiger partial charge in [0.15, 0.2) is 0 Å². The lowest BCUT2D eigenvalue weighted by Crippen LogP contribution is -1.91. The second-order valence-corrected chi connectivity index (χ2v) is 6.90. The summed E-state index contributed by atoms with van der Waals surface area (Å²) in [5, 5.41) is 2.98. The van der Waals surface area contributed by atoms with E-state index in [1.165, 1.54) is 27.1 Å². The van der Waals surface area contributed by atoms with Gasteiger partial charge in [-0.1, -0.05) is 48.0 Å². The Morgan fingerprint density at radius 2 is 1.77 bits per heavy atom. The number of hydrogen-bond donors (Lipinski definition) is 0. The van der Waals surface area contributed by atoms with E-state index in [9.17, 15) is 0 Å². The van der Waals surface area contributed by atoms with Crippen LogP contribution in [0.1, 0.15) is 27.1 Å². The molecule has 2 heteroatoms. The van der Waals surface area contributed by atoms with E-state index in [1.54, 1.807) is 0 Å². The van der Waals surface area contributed by atoms with Crippen molar-refractivity contribution >= 4 is 34.6 Å². The van der Waals surface area contributed by atoms with Gasteiger partial charge in [-0.05, 0) is 64.8 Å². The molecule has 1 aliphatic rings. The summed E-state index contributed by atoms with van der Waals surface area (Å²) in [6, 6.07) is 19.1. The van der Waals surface area contributed by atoms with E-state index < -0.39 is 0 Å². The Morgan fingerprint density at radius 3 is 2.68 bits per heavy atom. The highest BCUT2D eigenvalue weighted by Crippen LogP contribution is 2.38. The fraction of sp³-hybridized carbons (Fsp3) is 0.100. The molecule has 0 amide bonds. The Morgan fingerprint density at radius 1 is 0.909 bits per heavy atom. The predicted molar refractivity (Wildman–Crippen MR) is 96.6 cm³/mol. The lowest BCUT2D eigenvalue weighted by Gasteiger charge is -2.09. The van der Waals surface area contributed by atoms with Crippen LogP contribution in [0.2, 0.25) is 5.02 Å². The third-order valence-corrected chi connectivity index (χ3v) is 5.35. The van der Waals surface area contributed by atoms with Gasteiger partial charge in [-0.15, -0.1) is 11.3 Å². The molecule has 0 unspecified atom stereocenters. The molecule has 0 radical (unpaired) electrons. The maximum atomic E-state index is 6.15. The highest BCUT2D eigenvalue weighted by Gasteiger charge is 2.18. The van der Waals surface area contributed by atoms with E-state index in [2.05, 4.69) is 47.9 Å². The Labute approximate surface area is 139 Å². The first-order valence-electron chi connectivity index (χ1n) is 7.43. The summed E-state index contributed by atoms with van der Waals surface area (Å²) in [6.45, 7) is 0. The number of fused-ring (bicyclic) bond motifs is 2. The number of rotatable bonds is 1. The van der Waals surface area contributed by atoms with Crippen LogP contribution < -0.4 is 0 Å². The smallest absolute Gasteiger partial charge is 0.0411 e. The molecule has 0 saturated heterocycles. The van der Waals surface area contributed by atoms with Crippen molar-refractivity contribution in [2.45, 2.75) is 12.8 Å². The molecule has 0 aliphatic heterocycles.